The van der Waals surface area contributed by atoms with Gasteiger partial charge in [0.25, 0.3) is 0 Å². The Bertz CT molecular complexity index is 316. The lowest BCUT2D eigenvalue weighted by atomic mass is 10.1. The molecule has 0 aliphatic rings. The van der Waals surface area contributed by atoms with Gasteiger partial charge in [0.15, 0.2) is 0 Å². The van der Waals surface area contributed by atoms with E-state index in [1.165, 1.54) is 11.1 Å². The Hall–Kier alpha value is -0.790. The summed E-state index contributed by atoms with van der Waals surface area (Å²) in [5.41, 5.74) is 8.04. The van der Waals surface area contributed by atoms with E-state index in [0.29, 0.717) is 12.5 Å². The van der Waals surface area contributed by atoms with Gasteiger partial charge in [-0.3, -0.25) is 0 Å². The zero-order valence-electron chi connectivity index (χ0n) is 9.83. The van der Waals surface area contributed by atoms with Crippen molar-refractivity contribution in [3.05, 3.63) is 41.5 Å². The highest BCUT2D eigenvalue weighted by Gasteiger charge is 1.95. The van der Waals surface area contributed by atoms with Crippen LogP contribution in [0.1, 0.15) is 24.5 Å². The third-order valence-electron chi connectivity index (χ3n) is 2.52. The second-order valence-electron chi connectivity index (χ2n) is 4.18. The fourth-order valence-electron chi connectivity index (χ4n) is 1.46. The van der Waals surface area contributed by atoms with Crippen LogP contribution in [0.25, 0.3) is 6.08 Å². The summed E-state index contributed by atoms with van der Waals surface area (Å²) in [7, 11) is 0. The van der Waals surface area contributed by atoms with Crippen molar-refractivity contribution in [3.63, 3.8) is 0 Å². The highest BCUT2D eigenvalue weighted by Crippen LogP contribution is 2.10. The van der Waals surface area contributed by atoms with Crippen LogP contribution >= 0.6 is 11.6 Å². The lowest BCUT2D eigenvalue weighted by Crippen LogP contribution is -2.02. The number of hydrogen-bond donors (Lipinski definition) is 1. The lowest BCUT2D eigenvalue weighted by Gasteiger charge is -2.02. The molecular formula is C14H20ClN. The van der Waals surface area contributed by atoms with E-state index in [4.69, 9.17) is 17.3 Å². The van der Waals surface area contributed by atoms with Crippen LogP contribution < -0.4 is 5.73 Å². The van der Waals surface area contributed by atoms with Gasteiger partial charge in [-0.2, -0.15) is 0 Å². The van der Waals surface area contributed by atoms with E-state index in [9.17, 15) is 0 Å². The molecule has 0 saturated carbocycles. The maximum atomic E-state index is 5.74. The Balaban J connectivity index is 2.48. The van der Waals surface area contributed by atoms with Gasteiger partial charge in [0.1, 0.15) is 0 Å². The van der Waals surface area contributed by atoms with E-state index >= 15 is 0 Å². The quantitative estimate of drug-likeness (QED) is 0.754. The molecule has 16 heavy (non-hydrogen) atoms. The SMILES string of the molecule is CC(CCl)C/C=C/c1ccc(CCN)cc1. The Morgan fingerprint density at radius 1 is 1.31 bits per heavy atom. The van der Waals surface area contributed by atoms with Crippen molar-refractivity contribution in [3.8, 4) is 0 Å². The maximum absolute atomic E-state index is 5.74. The number of hydrogen-bond acceptors (Lipinski definition) is 1. The van der Waals surface area contributed by atoms with Crippen molar-refractivity contribution in [1.29, 1.82) is 0 Å². The van der Waals surface area contributed by atoms with Crippen molar-refractivity contribution in [1.82, 2.24) is 0 Å². The van der Waals surface area contributed by atoms with Gasteiger partial charge in [0, 0.05) is 5.88 Å². The third kappa shape index (κ3) is 4.82. The topological polar surface area (TPSA) is 26.0 Å². The highest BCUT2D eigenvalue weighted by molar-refractivity contribution is 6.18. The minimum atomic E-state index is 0.550. The number of benzene rings is 1. The van der Waals surface area contributed by atoms with Crippen molar-refractivity contribution in [2.24, 2.45) is 11.7 Å². The fourth-order valence-corrected chi connectivity index (χ4v) is 1.59. The average Bonchev–Trinajstić information content (AvgIpc) is 2.31. The third-order valence-corrected chi connectivity index (χ3v) is 3.05. The first kappa shape index (κ1) is 13.3. The summed E-state index contributed by atoms with van der Waals surface area (Å²) < 4.78 is 0. The molecule has 88 valence electrons. The second-order valence-corrected chi connectivity index (χ2v) is 4.49. The lowest BCUT2D eigenvalue weighted by molar-refractivity contribution is 0.673. The number of allylic oxidation sites excluding steroid dienone is 1. The summed E-state index contributed by atoms with van der Waals surface area (Å²) in [6.45, 7) is 2.87. The fraction of sp³-hybridized carbons (Fsp3) is 0.429. The number of rotatable bonds is 6. The molecular weight excluding hydrogens is 218 g/mol. The van der Waals surface area contributed by atoms with Gasteiger partial charge in [-0.25, -0.2) is 0 Å². The van der Waals surface area contributed by atoms with Gasteiger partial charge in [-0.1, -0.05) is 43.3 Å². The Kier molecular flexibility index (Phi) is 6.20. The molecule has 0 amide bonds. The van der Waals surface area contributed by atoms with Crippen molar-refractivity contribution >= 4 is 17.7 Å². The molecule has 1 nitrogen and oxygen atoms in total. The molecule has 2 N–H and O–H groups in total. The molecule has 0 bridgehead atoms. The van der Waals surface area contributed by atoms with Crippen LogP contribution in [-0.2, 0) is 6.42 Å². The number of nitrogens with two attached hydrogens (primary N) is 1. The van der Waals surface area contributed by atoms with E-state index in [1.54, 1.807) is 0 Å². The predicted molar refractivity (Wildman–Crippen MR) is 72.7 cm³/mol. The standard InChI is InChI=1S/C14H20ClN/c1-12(11-15)3-2-4-13-5-7-14(8-6-13)9-10-16/h2,4-8,12H,3,9-11,16H2,1H3/b4-2+. The predicted octanol–water partition coefficient (Wildman–Crippen LogP) is 3.47. The second kappa shape index (κ2) is 7.48. The van der Waals surface area contributed by atoms with Crippen LogP contribution in [0, 0.1) is 5.92 Å². The molecule has 1 rings (SSSR count). The zero-order chi connectivity index (χ0) is 11.8. The summed E-state index contributed by atoms with van der Waals surface area (Å²) in [6.07, 6.45) is 6.32. The largest absolute Gasteiger partial charge is 0.330 e. The van der Waals surface area contributed by atoms with Crippen LogP contribution in [0.4, 0.5) is 0 Å². The first-order valence-electron chi connectivity index (χ1n) is 5.77. The van der Waals surface area contributed by atoms with Crippen molar-refractivity contribution < 1.29 is 0 Å². The molecule has 0 spiro atoms. The molecule has 2 heteroatoms. The zero-order valence-corrected chi connectivity index (χ0v) is 10.6. The minimum Gasteiger partial charge on any atom is -0.330 e. The molecule has 1 atom stereocenters. The molecule has 1 aromatic rings. The summed E-state index contributed by atoms with van der Waals surface area (Å²) in [5.74, 6) is 1.27. The summed E-state index contributed by atoms with van der Waals surface area (Å²) >= 11 is 5.74. The Morgan fingerprint density at radius 2 is 2.00 bits per heavy atom. The van der Waals surface area contributed by atoms with E-state index < -0.39 is 0 Å². The molecule has 0 heterocycles. The summed E-state index contributed by atoms with van der Waals surface area (Å²) in [5, 5.41) is 0. The molecule has 1 unspecified atom stereocenters. The minimum absolute atomic E-state index is 0.550. The molecule has 0 radical (unpaired) electrons. The van der Waals surface area contributed by atoms with Gasteiger partial charge in [-0.05, 0) is 36.4 Å². The van der Waals surface area contributed by atoms with Crippen LogP contribution in [0.2, 0.25) is 0 Å². The molecule has 0 aromatic heterocycles. The normalized spacial score (nSPS) is 13.2. The van der Waals surface area contributed by atoms with Gasteiger partial charge < -0.3 is 5.73 Å². The first-order chi connectivity index (χ1) is 7.76. The Labute approximate surface area is 103 Å². The smallest absolute Gasteiger partial charge is 0.0252 e. The van der Waals surface area contributed by atoms with E-state index in [0.717, 1.165) is 18.7 Å². The van der Waals surface area contributed by atoms with Crippen molar-refractivity contribution in [2.75, 3.05) is 12.4 Å². The monoisotopic (exact) mass is 237 g/mol. The number of alkyl halides is 1. The highest BCUT2D eigenvalue weighted by atomic mass is 35.5. The van der Waals surface area contributed by atoms with E-state index in [2.05, 4.69) is 43.3 Å². The maximum Gasteiger partial charge on any atom is 0.0252 e. The molecule has 0 aliphatic heterocycles. The van der Waals surface area contributed by atoms with E-state index in [1.807, 2.05) is 0 Å². The van der Waals surface area contributed by atoms with Crippen LogP contribution in [0.15, 0.2) is 30.3 Å². The number of halogens is 1. The van der Waals surface area contributed by atoms with Crippen LogP contribution in [0.3, 0.4) is 0 Å². The molecule has 0 aliphatic carbocycles. The van der Waals surface area contributed by atoms with E-state index in [-0.39, 0.29) is 0 Å². The van der Waals surface area contributed by atoms with Gasteiger partial charge >= 0.3 is 0 Å². The molecule has 0 saturated heterocycles. The van der Waals surface area contributed by atoms with Gasteiger partial charge in [0.2, 0.25) is 0 Å². The van der Waals surface area contributed by atoms with Gasteiger partial charge in [-0.15, -0.1) is 11.6 Å². The van der Waals surface area contributed by atoms with Crippen LogP contribution in [0.5, 0.6) is 0 Å². The Morgan fingerprint density at radius 3 is 2.56 bits per heavy atom. The first-order valence-corrected chi connectivity index (χ1v) is 6.31. The summed E-state index contributed by atoms with van der Waals surface area (Å²) in [4.78, 5) is 0. The van der Waals surface area contributed by atoms with Crippen molar-refractivity contribution in [2.45, 2.75) is 19.8 Å². The average molecular weight is 238 g/mol. The van der Waals surface area contributed by atoms with Crippen LogP contribution in [-0.4, -0.2) is 12.4 Å². The molecule has 1 aromatic carbocycles. The summed E-state index contributed by atoms with van der Waals surface area (Å²) in [6, 6.07) is 8.54. The van der Waals surface area contributed by atoms with Gasteiger partial charge in [0.05, 0.1) is 0 Å². The molecule has 0 fully saturated rings.